The second-order valence-corrected chi connectivity index (χ2v) is 2.63. The predicted octanol–water partition coefficient (Wildman–Crippen LogP) is 2.59. The van der Waals surface area contributed by atoms with Crippen LogP contribution in [-0.2, 0) is 0 Å². The first-order chi connectivity index (χ1) is 5.98. The van der Waals surface area contributed by atoms with E-state index < -0.39 is 30.5 Å². The molecular formula is C6H7F7O. The Hall–Kier alpha value is -0.530. The van der Waals surface area contributed by atoms with Gasteiger partial charge >= 0.3 is 18.0 Å². The number of halogens is 7. The molecule has 0 aliphatic rings. The summed E-state index contributed by atoms with van der Waals surface area (Å²) >= 11 is 0. The molecule has 0 aliphatic heterocycles. The Bertz CT molecular complexity index is 179. The van der Waals surface area contributed by atoms with Crippen molar-refractivity contribution in [3.05, 3.63) is 0 Å². The molecule has 0 aromatic heterocycles. The fourth-order valence-electron chi connectivity index (χ4n) is 0.818. The molecule has 0 bridgehead atoms. The smallest absolute Gasteiger partial charge is 0.333 e. The van der Waals surface area contributed by atoms with Crippen LogP contribution in [0.1, 0.15) is 13.3 Å². The van der Waals surface area contributed by atoms with Crippen molar-refractivity contribution < 1.29 is 35.8 Å². The summed E-state index contributed by atoms with van der Waals surface area (Å²) in [7, 11) is 0. The van der Waals surface area contributed by atoms with Gasteiger partial charge in [0.25, 0.3) is 0 Å². The minimum Gasteiger partial charge on any atom is -0.333 e. The number of aliphatic hydroxyl groups is 1. The molecule has 0 heterocycles. The quantitative estimate of drug-likeness (QED) is 0.736. The van der Waals surface area contributed by atoms with Gasteiger partial charge in [-0.2, -0.15) is 22.0 Å². The number of rotatable bonds is 3. The molecule has 0 aromatic rings. The predicted molar refractivity (Wildman–Crippen MR) is 32.2 cm³/mol. The molecule has 0 saturated heterocycles. The maximum Gasteiger partial charge on any atom is 0.434 e. The summed E-state index contributed by atoms with van der Waals surface area (Å²) in [6.07, 6.45) is -16.6. The molecule has 0 rings (SSSR count). The Labute approximate surface area is 74.5 Å². The Kier molecular flexibility index (Phi) is 3.42. The molecule has 0 saturated carbocycles. The maximum atomic E-state index is 12.7. The topological polar surface area (TPSA) is 20.2 Å². The van der Waals surface area contributed by atoms with Crippen LogP contribution in [0, 0.1) is 0 Å². The third kappa shape index (κ3) is 1.94. The SMILES string of the molecule is CC[C@H](F)C(F)(C(O)(F)F)C(F)(F)F. The highest BCUT2D eigenvalue weighted by molar-refractivity contribution is 4.99. The van der Waals surface area contributed by atoms with Gasteiger partial charge in [-0.3, -0.25) is 0 Å². The standard InChI is InChI=1S/C6H7F7O/c1-2-3(7)4(8,5(9,10)11)6(12,13)14/h3,14H,2H2,1H3/t3-,4?/m0/s1. The van der Waals surface area contributed by atoms with E-state index >= 15 is 0 Å². The van der Waals surface area contributed by atoms with Crippen LogP contribution < -0.4 is 0 Å². The normalized spacial score (nSPS) is 20.4. The molecule has 0 radical (unpaired) electrons. The third-order valence-electron chi connectivity index (χ3n) is 1.64. The van der Waals surface area contributed by atoms with Crippen molar-refractivity contribution in [1.82, 2.24) is 0 Å². The largest absolute Gasteiger partial charge is 0.434 e. The van der Waals surface area contributed by atoms with Crippen molar-refractivity contribution in [2.24, 2.45) is 0 Å². The number of hydrogen-bond donors (Lipinski definition) is 1. The van der Waals surface area contributed by atoms with E-state index in [0.717, 1.165) is 6.92 Å². The molecule has 1 nitrogen and oxygen atoms in total. The first-order valence-corrected chi connectivity index (χ1v) is 3.48. The Morgan fingerprint density at radius 3 is 1.50 bits per heavy atom. The molecule has 0 amide bonds. The molecule has 2 atom stereocenters. The van der Waals surface area contributed by atoms with Crippen molar-refractivity contribution in [2.45, 2.75) is 37.5 Å². The van der Waals surface area contributed by atoms with Crippen LogP contribution in [0.3, 0.4) is 0 Å². The number of hydrogen-bond acceptors (Lipinski definition) is 1. The minimum absolute atomic E-state index is 0.747. The summed E-state index contributed by atoms with van der Waals surface area (Å²) in [6, 6.07) is 0. The Balaban J connectivity index is 5.29. The van der Waals surface area contributed by atoms with Gasteiger partial charge in [-0.05, 0) is 6.42 Å². The fraction of sp³-hybridized carbons (Fsp3) is 1.00. The monoisotopic (exact) mass is 228 g/mol. The second kappa shape index (κ2) is 3.56. The lowest BCUT2D eigenvalue weighted by molar-refractivity contribution is -0.383. The van der Waals surface area contributed by atoms with E-state index in [1.54, 1.807) is 0 Å². The Morgan fingerprint density at radius 1 is 1.07 bits per heavy atom. The van der Waals surface area contributed by atoms with Gasteiger partial charge in [0.1, 0.15) is 0 Å². The van der Waals surface area contributed by atoms with Crippen LogP contribution >= 0.6 is 0 Å². The number of alkyl halides is 7. The van der Waals surface area contributed by atoms with Crippen molar-refractivity contribution in [3.8, 4) is 0 Å². The molecule has 1 N–H and O–H groups in total. The summed E-state index contributed by atoms with van der Waals surface area (Å²) in [4.78, 5) is 0. The van der Waals surface area contributed by atoms with Gasteiger partial charge in [-0.1, -0.05) is 6.92 Å². The minimum atomic E-state index is -6.18. The zero-order chi connectivity index (χ0) is 11.8. The summed E-state index contributed by atoms with van der Waals surface area (Å²) < 4.78 is 84.3. The van der Waals surface area contributed by atoms with Gasteiger partial charge in [-0.25, -0.2) is 8.78 Å². The van der Waals surface area contributed by atoms with E-state index in [1.165, 1.54) is 0 Å². The highest BCUT2D eigenvalue weighted by Gasteiger charge is 2.75. The Morgan fingerprint density at radius 2 is 1.43 bits per heavy atom. The molecule has 0 aliphatic carbocycles. The average molecular weight is 228 g/mol. The van der Waals surface area contributed by atoms with Crippen LogP contribution in [0.4, 0.5) is 30.7 Å². The molecular weight excluding hydrogens is 221 g/mol. The van der Waals surface area contributed by atoms with Crippen LogP contribution in [0.5, 0.6) is 0 Å². The lowest BCUT2D eigenvalue weighted by atomic mass is 9.96. The van der Waals surface area contributed by atoms with Crippen LogP contribution in [-0.4, -0.2) is 29.2 Å². The highest BCUT2D eigenvalue weighted by atomic mass is 19.4. The first-order valence-electron chi connectivity index (χ1n) is 3.48. The van der Waals surface area contributed by atoms with Crippen molar-refractivity contribution >= 4 is 0 Å². The average Bonchev–Trinajstić information content (AvgIpc) is 1.97. The molecule has 14 heavy (non-hydrogen) atoms. The summed E-state index contributed by atoms with van der Waals surface area (Å²) in [5.41, 5.74) is -5.56. The van der Waals surface area contributed by atoms with E-state index in [2.05, 4.69) is 0 Å². The molecule has 0 spiro atoms. The molecule has 0 aromatic carbocycles. The van der Waals surface area contributed by atoms with Crippen molar-refractivity contribution in [1.29, 1.82) is 0 Å². The van der Waals surface area contributed by atoms with E-state index in [-0.39, 0.29) is 0 Å². The van der Waals surface area contributed by atoms with E-state index in [1.807, 2.05) is 0 Å². The van der Waals surface area contributed by atoms with Crippen molar-refractivity contribution in [2.75, 3.05) is 0 Å². The van der Waals surface area contributed by atoms with Gasteiger partial charge in [0.2, 0.25) is 0 Å². The zero-order valence-corrected chi connectivity index (χ0v) is 6.88. The zero-order valence-electron chi connectivity index (χ0n) is 6.88. The molecule has 1 unspecified atom stereocenters. The van der Waals surface area contributed by atoms with Crippen LogP contribution in [0.15, 0.2) is 0 Å². The molecule has 86 valence electrons. The lowest BCUT2D eigenvalue weighted by Gasteiger charge is -2.33. The summed E-state index contributed by atoms with van der Waals surface area (Å²) in [5.74, 6) is 0. The van der Waals surface area contributed by atoms with Gasteiger partial charge in [0.15, 0.2) is 6.17 Å². The molecule has 8 heteroatoms. The van der Waals surface area contributed by atoms with Gasteiger partial charge in [-0.15, -0.1) is 0 Å². The first kappa shape index (κ1) is 13.5. The van der Waals surface area contributed by atoms with Gasteiger partial charge < -0.3 is 5.11 Å². The third-order valence-corrected chi connectivity index (χ3v) is 1.64. The highest BCUT2D eigenvalue weighted by Crippen LogP contribution is 2.47. The summed E-state index contributed by atoms with van der Waals surface area (Å²) in [5, 5.41) is 7.71. The van der Waals surface area contributed by atoms with E-state index in [4.69, 9.17) is 5.11 Å². The molecule has 0 fully saturated rings. The lowest BCUT2D eigenvalue weighted by Crippen LogP contribution is -2.61. The fourth-order valence-corrected chi connectivity index (χ4v) is 0.818. The second-order valence-electron chi connectivity index (χ2n) is 2.63. The summed E-state index contributed by atoms with van der Waals surface area (Å²) in [6.45, 7) is 0.747. The van der Waals surface area contributed by atoms with E-state index in [0.29, 0.717) is 0 Å². The maximum absolute atomic E-state index is 12.7. The van der Waals surface area contributed by atoms with Crippen LogP contribution in [0.25, 0.3) is 0 Å². The van der Waals surface area contributed by atoms with Crippen molar-refractivity contribution in [3.63, 3.8) is 0 Å². The van der Waals surface area contributed by atoms with E-state index in [9.17, 15) is 30.7 Å². The van der Waals surface area contributed by atoms with Crippen LogP contribution in [0.2, 0.25) is 0 Å². The van der Waals surface area contributed by atoms with Gasteiger partial charge in [0.05, 0.1) is 0 Å². The van der Waals surface area contributed by atoms with Gasteiger partial charge in [0, 0.05) is 0 Å².